The van der Waals surface area contributed by atoms with Crippen molar-refractivity contribution >= 4 is 37.0 Å². The third-order valence-electron chi connectivity index (χ3n) is 1.23. The average molecular weight is 250 g/mol. The summed E-state index contributed by atoms with van der Waals surface area (Å²) in [5.41, 5.74) is 0. The van der Waals surface area contributed by atoms with Gasteiger partial charge in [-0.2, -0.15) is 34.5 Å². The Morgan fingerprint density at radius 2 is 0.800 bits per heavy atom. The Morgan fingerprint density at radius 3 is 0.933 bits per heavy atom. The van der Waals surface area contributed by atoms with Crippen LogP contribution in [0, 0.1) is 45.3 Å². The lowest BCUT2D eigenvalue weighted by Gasteiger charge is -2.08. The van der Waals surface area contributed by atoms with Gasteiger partial charge in [0, 0.05) is 0 Å². The molecule has 1 aliphatic heterocycles. The molecule has 0 bridgehead atoms. The molecule has 0 aromatic rings. The molecule has 7 heteroatoms. The Balaban J connectivity index is 0.00000196. The van der Waals surface area contributed by atoms with Crippen molar-refractivity contribution in [2.45, 2.75) is 0 Å². The van der Waals surface area contributed by atoms with Crippen LogP contribution in [0.1, 0.15) is 0 Å². The van der Waals surface area contributed by atoms with E-state index in [0.717, 1.165) is 23.5 Å². The Bertz CT molecular complexity index is 412. The number of rotatable bonds is 0. The third kappa shape index (κ3) is 2.72. The van der Waals surface area contributed by atoms with E-state index in [0.29, 0.717) is 0 Å². The summed E-state index contributed by atoms with van der Waals surface area (Å²) in [6, 6.07) is 7.27. The second-order valence-corrected chi connectivity index (χ2v) is 4.01. The van der Waals surface area contributed by atoms with Crippen LogP contribution in [0.3, 0.4) is 0 Å². The highest BCUT2D eigenvalue weighted by molar-refractivity contribution is 8.14. The minimum atomic E-state index is 0. The molecule has 0 aromatic carbocycles. The van der Waals surface area contributed by atoms with Crippen molar-refractivity contribution in [3.05, 3.63) is 19.6 Å². The van der Waals surface area contributed by atoms with Crippen LogP contribution in [0.15, 0.2) is 19.6 Å². The van der Waals surface area contributed by atoms with E-state index in [1.165, 1.54) is 0 Å². The minimum Gasteiger partial charge on any atom is -0.197 e. The summed E-state index contributed by atoms with van der Waals surface area (Å²) in [6.45, 7) is 0. The lowest BCUT2D eigenvalue weighted by atomic mass is 10.5. The zero-order chi connectivity index (χ0) is 10.6. The van der Waals surface area contributed by atoms with E-state index < -0.39 is 0 Å². The fourth-order valence-corrected chi connectivity index (χ4v) is 2.33. The van der Waals surface area contributed by atoms with Crippen LogP contribution in [0.2, 0.25) is 0 Å². The summed E-state index contributed by atoms with van der Waals surface area (Å²) in [5.74, 6) is 0. The maximum absolute atomic E-state index is 8.66. The van der Waals surface area contributed by atoms with Gasteiger partial charge in [0.1, 0.15) is 43.9 Å². The number of allylic oxidation sites excluding steroid dienone is 4. The van der Waals surface area contributed by atoms with E-state index in [1.807, 2.05) is 24.3 Å². The fraction of sp³-hybridized carbons (Fsp3) is 0. The Kier molecular flexibility index (Phi) is 5.45. The molecule has 0 radical (unpaired) electrons. The molecule has 0 atom stereocenters. The Hall–Kier alpha value is -1.51. The highest BCUT2D eigenvalue weighted by atomic mass is 32.2. The molecular formula is C8H2N4S3. The molecule has 0 N–H and O–H groups in total. The highest BCUT2D eigenvalue weighted by Gasteiger charge is 2.22. The van der Waals surface area contributed by atoms with E-state index in [-0.39, 0.29) is 33.1 Å². The molecule has 0 amide bonds. The Morgan fingerprint density at radius 1 is 0.600 bits per heavy atom. The number of nitriles is 4. The van der Waals surface area contributed by atoms with E-state index in [2.05, 4.69) is 0 Å². The fourth-order valence-electron chi connectivity index (χ4n) is 0.684. The minimum absolute atomic E-state index is 0. The molecule has 15 heavy (non-hydrogen) atoms. The first-order valence-electron chi connectivity index (χ1n) is 3.21. The van der Waals surface area contributed by atoms with Crippen LogP contribution in [-0.4, -0.2) is 0 Å². The molecule has 1 rings (SSSR count). The van der Waals surface area contributed by atoms with Gasteiger partial charge in [0.05, 0.1) is 0 Å². The standard InChI is InChI=1S/C8N4S2.H2S/c9-1-5-6(2-10)14-8(4-12)7(3-11)13-5;/h;1H2. The van der Waals surface area contributed by atoms with E-state index >= 15 is 0 Å². The van der Waals surface area contributed by atoms with Crippen molar-refractivity contribution < 1.29 is 0 Å². The van der Waals surface area contributed by atoms with Crippen LogP contribution < -0.4 is 0 Å². The van der Waals surface area contributed by atoms with Gasteiger partial charge >= 0.3 is 0 Å². The highest BCUT2D eigenvalue weighted by Crippen LogP contribution is 2.43. The predicted octanol–water partition coefficient (Wildman–Crippen LogP) is 2.10. The number of thioether (sulfide) groups is 2. The first kappa shape index (κ1) is 13.5. The van der Waals surface area contributed by atoms with Crippen LogP contribution >= 0.6 is 37.0 Å². The number of nitrogens with zero attached hydrogens (tertiary/aromatic N) is 4. The summed E-state index contributed by atoms with van der Waals surface area (Å²) in [6.07, 6.45) is 0. The van der Waals surface area contributed by atoms with Gasteiger partial charge in [-0.1, -0.05) is 23.5 Å². The molecule has 0 aliphatic carbocycles. The van der Waals surface area contributed by atoms with Crippen molar-refractivity contribution in [1.82, 2.24) is 0 Å². The molecule has 0 spiro atoms. The van der Waals surface area contributed by atoms with Crippen LogP contribution in [0.25, 0.3) is 0 Å². The summed E-state index contributed by atoms with van der Waals surface area (Å²) in [4.78, 5) is 0.696. The molecule has 1 aliphatic rings. The van der Waals surface area contributed by atoms with Gasteiger partial charge in [0.25, 0.3) is 0 Å². The third-order valence-corrected chi connectivity index (χ3v) is 3.48. The lowest BCUT2D eigenvalue weighted by molar-refractivity contribution is 1.49. The topological polar surface area (TPSA) is 95.2 Å². The molecule has 0 fully saturated rings. The largest absolute Gasteiger partial charge is 0.197 e. The van der Waals surface area contributed by atoms with E-state index in [4.69, 9.17) is 21.0 Å². The first-order valence-corrected chi connectivity index (χ1v) is 4.84. The average Bonchev–Trinajstić information content (AvgIpc) is 2.26. The van der Waals surface area contributed by atoms with Gasteiger partial charge in [-0.3, -0.25) is 0 Å². The van der Waals surface area contributed by atoms with E-state index in [1.54, 1.807) is 0 Å². The molecule has 0 saturated carbocycles. The van der Waals surface area contributed by atoms with Crippen LogP contribution in [0.5, 0.6) is 0 Å². The maximum Gasteiger partial charge on any atom is 0.115 e. The van der Waals surface area contributed by atoms with Gasteiger partial charge in [-0.25, -0.2) is 0 Å². The molecule has 0 unspecified atom stereocenters. The molecule has 72 valence electrons. The van der Waals surface area contributed by atoms with Gasteiger partial charge in [-0.15, -0.1) is 0 Å². The van der Waals surface area contributed by atoms with Gasteiger partial charge in [0.15, 0.2) is 0 Å². The van der Waals surface area contributed by atoms with Crippen LogP contribution in [0.4, 0.5) is 0 Å². The van der Waals surface area contributed by atoms with Crippen molar-refractivity contribution in [1.29, 1.82) is 21.0 Å². The van der Waals surface area contributed by atoms with Crippen molar-refractivity contribution in [2.24, 2.45) is 0 Å². The second-order valence-electron chi connectivity index (χ2n) is 1.97. The summed E-state index contributed by atoms with van der Waals surface area (Å²) < 4.78 is 0. The SMILES string of the molecule is N#CC1=C(C#N)SC(C#N)=C(C#N)S1.S. The number of hydrogen-bond donors (Lipinski definition) is 0. The zero-order valence-corrected chi connectivity index (χ0v) is 9.74. The van der Waals surface area contributed by atoms with Crippen molar-refractivity contribution in [2.75, 3.05) is 0 Å². The van der Waals surface area contributed by atoms with E-state index in [9.17, 15) is 0 Å². The van der Waals surface area contributed by atoms with Crippen molar-refractivity contribution in [3.8, 4) is 24.3 Å². The smallest absolute Gasteiger partial charge is 0.115 e. The molecule has 0 saturated heterocycles. The quantitative estimate of drug-likeness (QED) is 0.653. The normalized spacial score (nSPS) is 14.1. The summed E-state index contributed by atoms with van der Waals surface area (Å²) in [5, 5.41) is 34.6. The van der Waals surface area contributed by atoms with Gasteiger partial charge in [-0.05, 0) is 0 Å². The van der Waals surface area contributed by atoms with Crippen LogP contribution in [-0.2, 0) is 0 Å². The molecular weight excluding hydrogens is 248 g/mol. The monoisotopic (exact) mass is 250 g/mol. The lowest BCUT2D eigenvalue weighted by Crippen LogP contribution is -1.91. The number of hydrogen-bond acceptors (Lipinski definition) is 6. The Labute approximate surface area is 102 Å². The molecule has 1 heterocycles. The van der Waals surface area contributed by atoms with Gasteiger partial charge in [0.2, 0.25) is 0 Å². The predicted molar refractivity (Wildman–Crippen MR) is 62.1 cm³/mol. The molecule has 0 aromatic heterocycles. The van der Waals surface area contributed by atoms with Gasteiger partial charge < -0.3 is 0 Å². The molecule has 4 nitrogen and oxygen atoms in total. The summed E-state index contributed by atoms with van der Waals surface area (Å²) in [7, 11) is 0. The van der Waals surface area contributed by atoms with Crippen molar-refractivity contribution in [3.63, 3.8) is 0 Å². The first-order chi connectivity index (χ1) is 6.76. The zero-order valence-electron chi connectivity index (χ0n) is 7.11. The summed E-state index contributed by atoms with van der Waals surface area (Å²) >= 11 is 1.74. The maximum atomic E-state index is 8.66. The second kappa shape index (κ2) is 6.06.